The van der Waals surface area contributed by atoms with Crippen molar-refractivity contribution in [2.24, 2.45) is 0 Å². The first-order valence-electron chi connectivity index (χ1n) is 7.33. The van der Waals surface area contributed by atoms with Crippen molar-refractivity contribution >= 4 is 5.69 Å². The van der Waals surface area contributed by atoms with Crippen LogP contribution in [0.1, 0.15) is 11.3 Å². The Balaban J connectivity index is 2.29. The number of nitrogens with zero attached hydrogens (tertiary/aromatic N) is 4. The molecule has 10 heteroatoms. The van der Waals surface area contributed by atoms with E-state index in [-0.39, 0.29) is 22.6 Å². The molecule has 0 saturated heterocycles. The van der Waals surface area contributed by atoms with Gasteiger partial charge in [-0.3, -0.25) is 10.1 Å². The molecule has 1 aromatic heterocycles. The number of aromatic nitrogens is 2. The molecule has 0 aliphatic carbocycles. The standard InChI is InChI=1S/C17H8F4N4O2/c18-11-3-1-10(2-4-11)15-14(9-22)16(17(19,20)21)23-24(15)12-5-7-13(8-6-12)25(26)27/h1-8H. The number of nitro groups is 1. The second-order valence-electron chi connectivity index (χ2n) is 5.37. The van der Waals surface area contributed by atoms with Crippen LogP contribution in [0.25, 0.3) is 16.9 Å². The van der Waals surface area contributed by atoms with Crippen molar-refractivity contribution in [2.75, 3.05) is 0 Å². The van der Waals surface area contributed by atoms with E-state index < -0.39 is 28.2 Å². The van der Waals surface area contributed by atoms with Crippen molar-refractivity contribution < 1.29 is 22.5 Å². The first-order valence-corrected chi connectivity index (χ1v) is 7.33. The Morgan fingerprint density at radius 2 is 1.67 bits per heavy atom. The van der Waals surface area contributed by atoms with Gasteiger partial charge in [0.25, 0.3) is 5.69 Å². The van der Waals surface area contributed by atoms with Crippen molar-refractivity contribution in [3.05, 3.63) is 75.7 Å². The summed E-state index contributed by atoms with van der Waals surface area (Å²) in [6, 6.07) is 10.6. The third-order valence-corrected chi connectivity index (χ3v) is 3.69. The zero-order chi connectivity index (χ0) is 19.8. The lowest BCUT2D eigenvalue weighted by Gasteiger charge is -2.08. The summed E-state index contributed by atoms with van der Waals surface area (Å²) in [7, 11) is 0. The zero-order valence-corrected chi connectivity index (χ0v) is 13.2. The molecule has 1 heterocycles. The fourth-order valence-electron chi connectivity index (χ4n) is 2.50. The molecule has 0 N–H and O–H groups in total. The Morgan fingerprint density at radius 3 is 2.15 bits per heavy atom. The molecule has 0 saturated carbocycles. The predicted molar refractivity (Wildman–Crippen MR) is 85.3 cm³/mol. The molecule has 136 valence electrons. The maximum atomic E-state index is 13.3. The van der Waals surface area contributed by atoms with E-state index in [1.807, 2.05) is 0 Å². The Labute approximate surface area is 149 Å². The van der Waals surface area contributed by atoms with Gasteiger partial charge in [0.2, 0.25) is 0 Å². The molecule has 3 rings (SSSR count). The van der Waals surface area contributed by atoms with Gasteiger partial charge in [0.1, 0.15) is 17.4 Å². The van der Waals surface area contributed by atoms with Crippen LogP contribution in [-0.2, 0) is 6.18 Å². The Bertz CT molecular complexity index is 1050. The number of alkyl halides is 3. The van der Waals surface area contributed by atoms with Crippen LogP contribution in [0.3, 0.4) is 0 Å². The summed E-state index contributed by atoms with van der Waals surface area (Å²) in [5.74, 6) is -0.602. The van der Waals surface area contributed by atoms with Gasteiger partial charge in [-0.2, -0.15) is 23.5 Å². The molecule has 27 heavy (non-hydrogen) atoms. The third-order valence-electron chi connectivity index (χ3n) is 3.69. The summed E-state index contributed by atoms with van der Waals surface area (Å²) in [4.78, 5) is 10.1. The van der Waals surface area contributed by atoms with E-state index >= 15 is 0 Å². The number of nitriles is 1. The van der Waals surface area contributed by atoms with E-state index in [0.717, 1.165) is 28.9 Å². The highest BCUT2D eigenvalue weighted by atomic mass is 19.4. The Morgan fingerprint density at radius 1 is 1.07 bits per heavy atom. The monoisotopic (exact) mass is 376 g/mol. The Hall–Kier alpha value is -3.74. The van der Waals surface area contributed by atoms with E-state index in [1.54, 1.807) is 0 Å². The van der Waals surface area contributed by atoms with Gasteiger partial charge in [-0.1, -0.05) is 0 Å². The minimum absolute atomic E-state index is 0.0759. The molecule has 0 atom stereocenters. The number of nitro benzene ring substituents is 1. The highest BCUT2D eigenvalue weighted by Gasteiger charge is 2.40. The van der Waals surface area contributed by atoms with Crippen LogP contribution < -0.4 is 0 Å². The van der Waals surface area contributed by atoms with E-state index in [1.165, 1.54) is 30.3 Å². The second-order valence-corrected chi connectivity index (χ2v) is 5.37. The average molecular weight is 376 g/mol. The molecule has 0 aliphatic rings. The minimum atomic E-state index is -4.90. The predicted octanol–water partition coefficient (Wildman–Crippen LogP) is 4.48. The number of non-ortho nitro benzene ring substituents is 1. The lowest BCUT2D eigenvalue weighted by molar-refractivity contribution is -0.384. The molecule has 0 radical (unpaired) electrons. The third kappa shape index (κ3) is 3.35. The zero-order valence-electron chi connectivity index (χ0n) is 13.2. The van der Waals surface area contributed by atoms with Crippen LogP contribution in [0, 0.1) is 27.3 Å². The lowest BCUT2D eigenvalue weighted by Crippen LogP contribution is -2.08. The molecule has 6 nitrogen and oxygen atoms in total. The lowest BCUT2D eigenvalue weighted by atomic mass is 10.1. The van der Waals surface area contributed by atoms with E-state index in [2.05, 4.69) is 5.10 Å². The van der Waals surface area contributed by atoms with Crippen LogP contribution in [0.15, 0.2) is 48.5 Å². The molecular weight excluding hydrogens is 368 g/mol. The largest absolute Gasteiger partial charge is 0.436 e. The summed E-state index contributed by atoms with van der Waals surface area (Å²) < 4.78 is 54.0. The molecule has 0 fully saturated rings. The van der Waals surface area contributed by atoms with E-state index in [4.69, 9.17) is 0 Å². The normalized spacial score (nSPS) is 11.2. The first-order chi connectivity index (χ1) is 12.7. The Kier molecular flexibility index (Phi) is 4.37. The van der Waals surface area contributed by atoms with Gasteiger partial charge in [0, 0.05) is 17.7 Å². The summed E-state index contributed by atoms with van der Waals surface area (Å²) in [6.07, 6.45) is -4.90. The quantitative estimate of drug-likeness (QED) is 0.383. The van der Waals surface area contributed by atoms with Gasteiger partial charge < -0.3 is 0 Å². The van der Waals surface area contributed by atoms with Gasteiger partial charge >= 0.3 is 6.18 Å². The van der Waals surface area contributed by atoms with Crippen molar-refractivity contribution in [1.29, 1.82) is 5.26 Å². The molecule has 2 aromatic carbocycles. The fourth-order valence-corrected chi connectivity index (χ4v) is 2.50. The summed E-state index contributed by atoms with van der Waals surface area (Å²) in [6.45, 7) is 0. The van der Waals surface area contributed by atoms with Crippen LogP contribution in [0.2, 0.25) is 0 Å². The summed E-state index contributed by atoms with van der Waals surface area (Å²) >= 11 is 0. The number of halogens is 4. The molecule has 0 spiro atoms. The van der Waals surface area contributed by atoms with Crippen molar-refractivity contribution in [1.82, 2.24) is 9.78 Å². The van der Waals surface area contributed by atoms with Gasteiger partial charge in [0.15, 0.2) is 5.69 Å². The van der Waals surface area contributed by atoms with E-state index in [9.17, 15) is 32.9 Å². The van der Waals surface area contributed by atoms with Gasteiger partial charge in [-0.25, -0.2) is 9.07 Å². The van der Waals surface area contributed by atoms with Gasteiger partial charge in [-0.05, 0) is 36.4 Å². The number of benzene rings is 2. The highest BCUT2D eigenvalue weighted by Crippen LogP contribution is 2.37. The second kappa shape index (κ2) is 6.53. The van der Waals surface area contributed by atoms with Crippen LogP contribution in [0.4, 0.5) is 23.2 Å². The summed E-state index contributed by atoms with van der Waals surface area (Å²) in [5, 5.41) is 23.6. The minimum Gasteiger partial charge on any atom is -0.258 e. The number of hydrogen-bond donors (Lipinski definition) is 0. The van der Waals surface area contributed by atoms with Gasteiger partial charge in [0.05, 0.1) is 16.3 Å². The molecule has 3 aromatic rings. The smallest absolute Gasteiger partial charge is 0.258 e. The van der Waals surface area contributed by atoms with Crippen LogP contribution in [0.5, 0.6) is 0 Å². The molecular formula is C17H8F4N4O2. The maximum absolute atomic E-state index is 13.3. The number of hydrogen-bond acceptors (Lipinski definition) is 4. The van der Waals surface area contributed by atoms with Crippen molar-refractivity contribution in [3.8, 4) is 23.0 Å². The van der Waals surface area contributed by atoms with Crippen LogP contribution in [-0.4, -0.2) is 14.7 Å². The fraction of sp³-hybridized carbons (Fsp3) is 0.0588. The number of rotatable bonds is 3. The first kappa shape index (κ1) is 18.1. The van der Waals surface area contributed by atoms with Crippen molar-refractivity contribution in [3.63, 3.8) is 0 Å². The van der Waals surface area contributed by atoms with Crippen LogP contribution >= 0.6 is 0 Å². The molecule has 0 bridgehead atoms. The van der Waals surface area contributed by atoms with Crippen molar-refractivity contribution in [2.45, 2.75) is 6.18 Å². The topological polar surface area (TPSA) is 84.8 Å². The maximum Gasteiger partial charge on any atom is 0.436 e. The SMILES string of the molecule is N#Cc1c(C(F)(F)F)nn(-c2ccc([N+](=O)[O-])cc2)c1-c1ccc(F)cc1. The molecule has 0 aliphatic heterocycles. The van der Waals surface area contributed by atoms with Gasteiger partial charge in [-0.15, -0.1) is 0 Å². The highest BCUT2D eigenvalue weighted by molar-refractivity contribution is 5.71. The molecule has 0 amide bonds. The van der Waals surface area contributed by atoms with E-state index in [0.29, 0.717) is 0 Å². The average Bonchev–Trinajstić information content (AvgIpc) is 3.02. The molecule has 0 unspecified atom stereocenters. The summed E-state index contributed by atoms with van der Waals surface area (Å²) in [5.41, 5.74) is -2.37.